The first-order chi connectivity index (χ1) is 17.8. The summed E-state index contributed by atoms with van der Waals surface area (Å²) in [6.45, 7) is 20.8. The maximum Gasteiger partial charge on any atom is 0.0766 e. The van der Waals surface area contributed by atoms with Gasteiger partial charge in [-0.2, -0.15) is 10.5 Å². The molecule has 0 aliphatic rings. The summed E-state index contributed by atoms with van der Waals surface area (Å²) < 4.78 is 0. The minimum atomic E-state index is -0.360. The van der Waals surface area contributed by atoms with Crippen LogP contribution >= 0.6 is 0 Å². The molecule has 0 aliphatic heterocycles. The zero-order valence-corrected chi connectivity index (χ0v) is 25.0. The van der Waals surface area contributed by atoms with Crippen molar-refractivity contribution >= 4 is 0 Å². The van der Waals surface area contributed by atoms with Gasteiger partial charge in [-0.1, -0.05) is 146 Å². The SMILES string of the molecule is CC.CC.CC.CC(C)(C#N)c1ccccc1.CC(C)(CN)c1ccccc1.N#CCc1ccccc1. The number of hydrogen-bond donors (Lipinski definition) is 1. The number of hydrogen-bond acceptors (Lipinski definition) is 3. The minimum Gasteiger partial charge on any atom is -0.330 e. The largest absolute Gasteiger partial charge is 0.330 e. The molecule has 37 heavy (non-hydrogen) atoms. The third-order valence-corrected chi connectivity index (χ3v) is 4.97. The molecule has 3 nitrogen and oxygen atoms in total. The third-order valence-electron chi connectivity index (χ3n) is 4.97. The van der Waals surface area contributed by atoms with Gasteiger partial charge in [-0.05, 0) is 30.5 Å². The Balaban J connectivity index is -0.000000426. The standard InChI is InChI=1S/C10H15N.C10H11N.C8H7N.3C2H6/c2*1-10(2,8-11)9-6-4-3-5-7-9;9-7-6-8-4-2-1-3-5-8;3*1-2/h3-7H,8,11H2,1-2H3;3-7H,1-2H3;1-5H,6H2;3*1-2H3. The van der Waals surface area contributed by atoms with E-state index in [1.165, 1.54) is 5.56 Å². The van der Waals surface area contributed by atoms with Gasteiger partial charge in [0.15, 0.2) is 0 Å². The van der Waals surface area contributed by atoms with Gasteiger partial charge in [0, 0.05) is 12.0 Å². The molecular formula is C34H51N3. The van der Waals surface area contributed by atoms with E-state index in [1.807, 2.05) is 134 Å². The van der Waals surface area contributed by atoms with E-state index >= 15 is 0 Å². The van der Waals surface area contributed by atoms with Gasteiger partial charge in [-0.3, -0.25) is 0 Å². The number of benzene rings is 3. The van der Waals surface area contributed by atoms with E-state index < -0.39 is 0 Å². The normalized spacial score (nSPS) is 9.11. The Labute approximate surface area is 229 Å². The van der Waals surface area contributed by atoms with Crippen LogP contribution < -0.4 is 5.73 Å². The molecule has 0 spiro atoms. The summed E-state index contributed by atoms with van der Waals surface area (Å²) >= 11 is 0. The summed E-state index contributed by atoms with van der Waals surface area (Å²) in [7, 11) is 0. The van der Waals surface area contributed by atoms with Crippen molar-refractivity contribution in [2.45, 2.75) is 86.5 Å². The van der Waals surface area contributed by atoms with Gasteiger partial charge < -0.3 is 5.73 Å². The van der Waals surface area contributed by atoms with Crippen molar-refractivity contribution in [1.29, 1.82) is 10.5 Å². The second kappa shape index (κ2) is 24.3. The third kappa shape index (κ3) is 17.6. The molecule has 0 atom stereocenters. The van der Waals surface area contributed by atoms with Crippen molar-refractivity contribution in [3.8, 4) is 12.1 Å². The van der Waals surface area contributed by atoms with Crippen LogP contribution in [-0.2, 0) is 17.3 Å². The fourth-order valence-corrected chi connectivity index (χ4v) is 2.61. The van der Waals surface area contributed by atoms with Crippen LogP contribution in [0.2, 0.25) is 0 Å². The smallest absolute Gasteiger partial charge is 0.0766 e. The van der Waals surface area contributed by atoms with E-state index in [2.05, 4.69) is 38.1 Å². The lowest BCUT2D eigenvalue weighted by atomic mass is 9.85. The van der Waals surface area contributed by atoms with E-state index in [0.29, 0.717) is 13.0 Å². The van der Waals surface area contributed by atoms with Crippen LogP contribution in [0.4, 0.5) is 0 Å². The quantitative estimate of drug-likeness (QED) is 0.387. The fraction of sp³-hybridized carbons (Fsp3) is 0.412. The summed E-state index contributed by atoms with van der Waals surface area (Å²) in [6, 6.07) is 34.2. The molecule has 3 rings (SSSR count). The molecule has 3 aromatic rings. The maximum absolute atomic E-state index is 8.80. The molecule has 0 amide bonds. The Kier molecular flexibility index (Phi) is 25.0. The monoisotopic (exact) mass is 501 g/mol. The Morgan fingerprint density at radius 3 is 1.27 bits per heavy atom. The van der Waals surface area contributed by atoms with Gasteiger partial charge in [-0.15, -0.1) is 0 Å². The highest BCUT2D eigenvalue weighted by atomic mass is 14.6. The highest BCUT2D eigenvalue weighted by molar-refractivity contribution is 5.29. The van der Waals surface area contributed by atoms with Gasteiger partial charge >= 0.3 is 0 Å². The number of nitriles is 2. The Morgan fingerprint density at radius 2 is 0.946 bits per heavy atom. The first-order valence-electron chi connectivity index (χ1n) is 13.4. The van der Waals surface area contributed by atoms with Crippen LogP contribution in [-0.4, -0.2) is 6.54 Å². The van der Waals surface area contributed by atoms with Crippen LogP contribution in [0.1, 0.15) is 85.9 Å². The molecule has 0 heterocycles. The predicted octanol–water partition coefficient (Wildman–Crippen LogP) is 9.24. The lowest BCUT2D eigenvalue weighted by molar-refractivity contribution is 0.539. The highest BCUT2D eigenvalue weighted by Gasteiger charge is 2.18. The zero-order valence-electron chi connectivity index (χ0n) is 25.0. The van der Waals surface area contributed by atoms with Crippen LogP contribution in [0.3, 0.4) is 0 Å². The van der Waals surface area contributed by atoms with Crippen LogP contribution in [0.5, 0.6) is 0 Å². The number of rotatable bonds is 4. The average Bonchev–Trinajstić information content (AvgIpc) is 2.98. The summed E-state index contributed by atoms with van der Waals surface area (Å²) in [5.74, 6) is 0. The van der Waals surface area contributed by atoms with Gasteiger partial charge in [0.05, 0.1) is 24.0 Å². The molecule has 0 aliphatic carbocycles. The Morgan fingerprint density at radius 1 is 0.595 bits per heavy atom. The first-order valence-corrected chi connectivity index (χ1v) is 13.4. The topological polar surface area (TPSA) is 73.6 Å². The lowest BCUT2D eigenvalue weighted by Gasteiger charge is -2.22. The fourth-order valence-electron chi connectivity index (χ4n) is 2.61. The lowest BCUT2D eigenvalue weighted by Crippen LogP contribution is -2.27. The van der Waals surface area contributed by atoms with E-state index in [1.54, 1.807) is 0 Å². The second-order valence-corrected chi connectivity index (χ2v) is 8.38. The molecule has 0 aromatic heterocycles. The highest BCUT2D eigenvalue weighted by Crippen LogP contribution is 2.21. The molecule has 0 radical (unpaired) electrons. The van der Waals surface area contributed by atoms with Gasteiger partial charge in [0.2, 0.25) is 0 Å². The van der Waals surface area contributed by atoms with Crippen molar-refractivity contribution in [3.63, 3.8) is 0 Å². The maximum atomic E-state index is 8.80. The summed E-state index contributed by atoms with van der Waals surface area (Å²) in [5.41, 5.74) is 8.85. The van der Waals surface area contributed by atoms with Crippen molar-refractivity contribution in [2.75, 3.05) is 6.54 Å². The number of nitrogens with zero attached hydrogens (tertiary/aromatic N) is 2. The summed E-state index contributed by atoms with van der Waals surface area (Å²) in [5, 5.41) is 17.1. The van der Waals surface area contributed by atoms with Crippen molar-refractivity contribution < 1.29 is 0 Å². The molecule has 0 saturated heterocycles. The molecule has 202 valence electrons. The summed E-state index contributed by atoms with van der Waals surface area (Å²) in [4.78, 5) is 0. The molecule has 3 heteroatoms. The van der Waals surface area contributed by atoms with Gasteiger partial charge in [0.1, 0.15) is 0 Å². The van der Waals surface area contributed by atoms with Crippen LogP contribution in [0.25, 0.3) is 0 Å². The van der Waals surface area contributed by atoms with E-state index in [4.69, 9.17) is 16.3 Å². The molecule has 0 saturated carbocycles. The average molecular weight is 502 g/mol. The van der Waals surface area contributed by atoms with E-state index in [9.17, 15) is 0 Å². The molecule has 0 unspecified atom stereocenters. The van der Waals surface area contributed by atoms with Crippen LogP contribution in [0, 0.1) is 22.7 Å². The minimum absolute atomic E-state index is 0.112. The molecule has 2 N–H and O–H groups in total. The van der Waals surface area contributed by atoms with Gasteiger partial charge in [-0.25, -0.2) is 0 Å². The Bertz CT molecular complexity index is 949. The Hall–Kier alpha value is -3.40. The predicted molar refractivity (Wildman–Crippen MR) is 163 cm³/mol. The molecule has 3 aromatic carbocycles. The van der Waals surface area contributed by atoms with Crippen molar-refractivity contribution in [1.82, 2.24) is 0 Å². The molecule has 0 bridgehead atoms. The van der Waals surface area contributed by atoms with Gasteiger partial charge in [0.25, 0.3) is 0 Å². The molecular weight excluding hydrogens is 450 g/mol. The van der Waals surface area contributed by atoms with E-state index in [0.717, 1.165) is 11.1 Å². The zero-order chi connectivity index (χ0) is 29.2. The first kappa shape index (κ1) is 38.1. The second-order valence-electron chi connectivity index (χ2n) is 8.38. The summed E-state index contributed by atoms with van der Waals surface area (Å²) in [6.07, 6.45) is 0.515. The molecule has 0 fully saturated rings. The van der Waals surface area contributed by atoms with Crippen molar-refractivity contribution in [2.24, 2.45) is 5.73 Å². The number of nitrogens with two attached hydrogens (primary N) is 1. The van der Waals surface area contributed by atoms with Crippen LogP contribution in [0.15, 0.2) is 91.0 Å². The van der Waals surface area contributed by atoms with E-state index in [-0.39, 0.29) is 10.8 Å². The van der Waals surface area contributed by atoms with Crippen molar-refractivity contribution in [3.05, 3.63) is 108 Å².